The normalized spacial score (nSPS) is 12.4. The molecule has 0 unspecified atom stereocenters. The topological polar surface area (TPSA) is 85.1 Å². The van der Waals surface area contributed by atoms with E-state index >= 15 is 0 Å². The van der Waals surface area contributed by atoms with Crippen molar-refractivity contribution >= 4 is 32.2 Å². The Bertz CT molecular complexity index is 739. The van der Waals surface area contributed by atoms with E-state index in [1.165, 1.54) is 11.3 Å². The van der Waals surface area contributed by atoms with Crippen LogP contribution in [0.1, 0.15) is 32.0 Å². The lowest BCUT2D eigenvalue weighted by Gasteiger charge is -2.14. The summed E-state index contributed by atoms with van der Waals surface area (Å²) >= 11 is 1.27. The highest BCUT2D eigenvalue weighted by atomic mass is 32.2. The standard InChI is InChI=1S/C14H19N3O2S2/c1-9-6-5-7-10(15)12(9)21(18,19)17-13-16-11(8-20-13)14(2,3)4/h5-8H,15H2,1-4H3,(H,16,17). The fraction of sp³-hybridized carbons (Fsp3) is 0.357. The molecule has 0 aliphatic carbocycles. The van der Waals surface area contributed by atoms with Gasteiger partial charge in [-0.3, -0.25) is 4.72 Å². The van der Waals surface area contributed by atoms with Crippen LogP contribution >= 0.6 is 11.3 Å². The number of aryl methyl sites for hydroxylation is 1. The van der Waals surface area contributed by atoms with Gasteiger partial charge in [0.1, 0.15) is 4.90 Å². The van der Waals surface area contributed by atoms with Crippen LogP contribution in [-0.2, 0) is 15.4 Å². The number of nitrogen functional groups attached to an aromatic ring is 1. The number of aromatic nitrogens is 1. The summed E-state index contributed by atoms with van der Waals surface area (Å²) in [7, 11) is -3.73. The molecular formula is C14H19N3O2S2. The average Bonchev–Trinajstić information content (AvgIpc) is 2.75. The van der Waals surface area contributed by atoms with Gasteiger partial charge >= 0.3 is 0 Å². The number of hydrogen-bond donors (Lipinski definition) is 2. The van der Waals surface area contributed by atoms with Crippen molar-refractivity contribution < 1.29 is 8.42 Å². The fourth-order valence-corrected chi connectivity index (χ4v) is 4.42. The largest absolute Gasteiger partial charge is 0.398 e. The Kier molecular flexibility index (Phi) is 3.99. The van der Waals surface area contributed by atoms with Crippen molar-refractivity contribution in [1.29, 1.82) is 0 Å². The minimum Gasteiger partial charge on any atom is -0.398 e. The molecule has 1 heterocycles. The summed E-state index contributed by atoms with van der Waals surface area (Å²) in [6.45, 7) is 7.80. The maximum Gasteiger partial charge on any atom is 0.265 e. The van der Waals surface area contributed by atoms with E-state index in [2.05, 4.69) is 9.71 Å². The van der Waals surface area contributed by atoms with Crippen LogP contribution in [0.4, 0.5) is 10.8 Å². The molecule has 0 radical (unpaired) electrons. The number of sulfonamides is 1. The molecule has 0 saturated carbocycles. The molecule has 1 aromatic carbocycles. The van der Waals surface area contributed by atoms with Gasteiger partial charge in [0.2, 0.25) is 0 Å². The van der Waals surface area contributed by atoms with Crippen molar-refractivity contribution in [3.63, 3.8) is 0 Å². The third-order valence-electron chi connectivity index (χ3n) is 3.01. The Morgan fingerprint density at radius 3 is 2.48 bits per heavy atom. The van der Waals surface area contributed by atoms with E-state index < -0.39 is 10.0 Å². The van der Waals surface area contributed by atoms with Crippen LogP contribution in [-0.4, -0.2) is 13.4 Å². The summed E-state index contributed by atoms with van der Waals surface area (Å²) in [5, 5.41) is 2.21. The second-order valence-corrected chi connectivity index (χ2v) is 8.36. The summed E-state index contributed by atoms with van der Waals surface area (Å²) in [6.07, 6.45) is 0. The van der Waals surface area contributed by atoms with Crippen LogP contribution in [0.5, 0.6) is 0 Å². The predicted octanol–water partition coefficient (Wildman–Crippen LogP) is 3.13. The van der Waals surface area contributed by atoms with E-state index in [1.54, 1.807) is 25.1 Å². The molecular weight excluding hydrogens is 306 g/mol. The SMILES string of the molecule is Cc1cccc(N)c1S(=O)(=O)Nc1nc(C(C)(C)C)cs1. The smallest absolute Gasteiger partial charge is 0.265 e. The zero-order valence-electron chi connectivity index (χ0n) is 12.5. The third-order valence-corrected chi connectivity index (χ3v) is 5.45. The van der Waals surface area contributed by atoms with Crippen LogP contribution in [0, 0.1) is 6.92 Å². The zero-order chi connectivity index (χ0) is 15.8. The first-order chi connectivity index (χ1) is 9.61. The van der Waals surface area contributed by atoms with Gasteiger partial charge in [0, 0.05) is 10.8 Å². The molecule has 7 heteroatoms. The van der Waals surface area contributed by atoms with Crippen molar-refractivity contribution in [2.24, 2.45) is 0 Å². The van der Waals surface area contributed by atoms with E-state index in [9.17, 15) is 8.42 Å². The molecule has 0 fully saturated rings. The van der Waals surface area contributed by atoms with Crippen molar-refractivity contribution in [3.8, 4) is 0 Å². The number of benzene rings is 1. The first-order valence-corrected chi connectivity index (χ1v) is 8.81. The van der Waals surface area contributed by atoms with E-state index in [0.29, 0.717) is 10.7 Å². The van der Waals surface area contributed by atoms with Crippen molar-refractivity contribution in [3.05, 3.63) is 34.8 Å². The highest BCUT2D eigenvalue weighted by molar-refractivity contribution is 7.93. The van der Waals surface area contributed by atoms with Crippen LogP contribution < -0.4 is 10.5 Å². The Labute approximate surface area is 129 Å². The molecule has 0 amide bonds. The molecule has 2 rings (SSSR count). The Hall–Kier alpha value is -1.60. The van der Waals surface area contributed by atoms with Gasteiger partial charge in [-0.25, -0.2) is 13.4 Å². The lowest BCUT2D eigenvalue weighted by atomic mass is 9.93. The fourth-order valence-electron chi connectivity index (χ4n) is 1.87. The highest BCUT2D eigenvalue weighted by Crippen LogP contribution is 2.29. The molecule has 114 valence electrons. The number of hydrogen-bond acceptors (Lipinski definition) is 5. The van der Waals surface area contributed by atoms with Crippen molar-refractivity contribution in [2.75, 3.05) is 10.5 Å². The molecule has 0 saturated heterocycles. The minimum absolute atomic E-state index is 0.109. The summed E-state index contributed by atoms with van der Waals surface area (Å²) in [5.74, 6) is 0. The maximum atomic E-state index is 12.5. The van der Waals surface area contributed by atoms with Gasteiger partial charge < -0.3 is 5.73 Å². The minimum atomic E-state index is -3.73. The molecule has 0 aliphatic heterocycles. The number of nitrogens with two attached hydrogens (primary N) is 1. The number of rotatable bonds is 3. The summed E-state index contributed by atoms with van der Waals surface area (Å²) in [5.41, 5.74) is 7.36. The van der Waals surface area contributed by atoms with Crippen LogP contribution in [0.15, 0.2) is 28.5 Å². The van der Waals surface area contributed by atoms with Gasteiger partial charge in [-0.1, -0.05) is 32.9 Å². The number of nitrogens with zero attached hydrogens (tertiary/aromatic N) is 1. The predicted molar refractivity (Wildman–Crippen MR) is 87.2 cm³/mol. The lowest BCUT2D eigenvalue weighted by molar-refractivity contribution is 0.573. The van der Waals surface area contributed by atoms with Crippen LogP contribution in [0.2, 0.25) is 0 Å². The lowest BCUT2D eigenvalue weighted by Crippen LogP contribution is -2.17. The van der Waals surface area contributed by atoms with Crippen LogP contribution in [0.25, 0.3) is 0 Å². The third kappa shape index (κ3) is 3.36. The summed E-state index contributed by atoms with van der Waals surface area (Å²) < 4.78 is 27.5. The van der Waals surface area contributed by atoms with Crippen LogP contribution in [0.3, 0.4) is 0 Å². The average molecular weight is 325 g/mol. The molecule has 0 spiro atoms. The van der Waals surface area contributed by atoms with Gasteiger partial charge in [0.15, 0.2) is 5.13 Å². The monoisotopic (exact) mass is 325 g/mol. The molecule has 3 N–H and O–H groups in total. The maximum absolute atomic E-state index is 12.5. The molecule has 0 bridgehead atoms. The number of anilines is 2. The molecule has 5 nitrogen and oxygen atoms in total. The molecule has 21 heavy (non-hydrogen) atoms. The van der Waals surface area contributed by atoms with E-state index in [4.69, 9.17) is 5.73 Å². The van der Waals surface area contributed by atoms with E-state index in [0.717, 1.165) is 5.69 Å². The van der Waals surface area contributed by atoms with Gasteiger partial charge in [-0.2, -0.15) is 0 Å². The zero-order valence-corrected chi connectivity index (χ0v) is 14.1. The Balaban J connectivity index is 2.36. The second kappa shape index (κ2) is 5.31. The van der Waals surface area contributed by atoms with Gasteiger partial charge in [0.25, 0.3) is 10.0 Å². The first-order valence-electron chi connectivity index (χ1n) is 6.45. The summed E-state index contributed by atoms with van der Waals surface area (Å²) in [6, 6.07) is 5.02. The van der Waals surface area contributed by atoms with E-state index in [-0.39, 0.29) is 16.0 Å². The molecule has 1 aromatic heterocycles. The van der Waals surface area contributed by atoms with Gasteiger partial charge in [-0.15, -0.1) is 11.3 Å². The second-order valence-electron chi connectivity index (χ2n) is 5.89. The van der Waals surface area contributed by atoms with Gasteiger partial charge in [-0.05, 0) is 18.6 Å². The van der Waals surface area contributed by atoms with Gasteiger partial charge in [0.05, 0.1) is 11.4 Å². The molecule has 0 aliphatic rings. The quantitative estimate of drug-likeness (QED) is 0.849. The number of thiazole rings is 1. The first kappa shape index (κ1) is 15.8. The Morgan fingerprint density at radius 1 is 1.29 bits per heavy atom. The molecule has 2 aromatic rings. The Morgan fingerprint density at radius 2 is 1.95 bits per heavy atom. The van der Waals surface area contributed by atoms with Crippen molar-refractivity contribution in [2.45, 2.75) is 38.0 Å². The highest BCUT2D eigenvalue weighted by Gasteiger charge is 2.23. The van der Waals surface area contributed by atoms with E-state index in [1.807, 2.05) is 26.2 Å². The molecule has 0 atom stereocenters. The number of nitrogens with one attached hydrogen (secondary N) is 1. The summed E-state index contributed by atoms with van der Waals surface area (Å²) in [4.78, 5) is 4.45. The van der Waals surface area contributed by atoms with Crippen molar-refractivity contribution in [1.82, 2.24) is 4.98 Å².